The summed E-state index contributed by atoms with van der Waals surface area (Å²) >= 11 is 14.0. The molecule has 4 fully saturated rings. The van der Waals surface area contributed by atoms with Crippen LogP contribution in [0.2, 0.25) is 10.3 Å². The van der Waals surface area contributed by atoms with Crippen molar-refractivity contribution in [3.8, 4) is 23.2 Å². The van der Waals surface area contributed by atoms with Crippen molar-refractivity contribution in [3.05, 3.63) is 51.5 Å². The zero-order valence-corrected chi connectivity index (χ0v) is 30.6. The van der Waals surface area contributed by atoms with Crippen molar-refractivity contribution in [2.75, 3.05) is 50.0 Å². The van der Waals surface area contributed by atoms with E-state index in [1.165, 1.54) is 12.1 Å². The molecule has 0 saturated carbocycles. The first-order valence-corrected chi connectivity index (χ1v) is 18.8. The van der Waals surface area contributed by atoms with Gasteiger partial charge in [0.05, 0.1) is 26.4 Å². The van der Waals surface area contributed by atoms with E-state index in [4.69, 9.17) is 38.7 Å². The molecule has 2 N–H and O–H groups in total. The van der Waals surface area contributed by atoms with Gasteiger partial charge in [-0.3, -0.25) is 4.90 Å². The second-order valence-electron chi connectivity index (χ2n) is 14.3. The second-order valence-corrected chi connectivity index (χ2v) is 16.1. The number of halogens is 5. The molecule has 1 amide bonds. The van der Waals surface area contributed by atoms with Gasteiger partial charge in [0, 0.05) is 48.9 Å². The molecular weight excluding hydrogens is 752 g/mol. The summed E-state index contributed by atoms with van der Waals surface area (Å²) in [6, 6.07) is 5.64. The number of alkyl halides is 1. The van der Waals surface area contributed by atoms with Gasteiger partial charge in [0.15, 0.2) is 5.82 Å². The van der Waals surface area contributed by atoms with Crippen LogP contribution >= 0.6 is 34.5 Å². The first-order valence-electron chi connectivity index (χ1n) is 17.2. The maximum atomic E-state index is 17.2. The van der Waals surface area contributed by atoms with Crippen LogP contribution in [0.3, 0.4) is 0 Å². The van der Waals surface area contributed by atoms with Crippen molar-refractivity contribution in [1.82, 2.24) is 34.5 Å². The largest absolute Gasteiger partial charge is 0.461 e. The maximum absolute atomic E-state index is 17.2. The summed E-state index contributed by atoms with van der Waals surface area (Å²) in [4.78, 5) is 32.8. The van der Waals surface area contributed by atoms with Crippen molar-refractivity contribution < 1.29 is 22.7 Å². The number of nitrogens with two attached hydrogens (primary N) is 1. The van der Waals surface area contributed by atoms with Gasteiger partial charge in [-0.15, -0.1) is 16.4 Å². The Bertz CT molecular complexity index is 2420. The highest BCUT2D eigenvalue weighted by molar-refractivity contribution is 7.23. The standard InChI is InChI=1S/C35H31Cl2F3N10O2S/c1-17-43-31(37)50(46-17)33(51)49-10-7-34(49)6-9-47(15-34)30-20-11-22(36)25(19-3-4-23(39)28-24(19)21(13-41)29(42)53-28)26(40)27(20)44-32(45-30)52-16-35-5-2-8-48(35)14-18(38)12-35/h3-4,11,18H,2,5-10,12,14-16,42H2,1H3/t18-,34?,35+/m1/s1. The molecule has 9 rings (SSSR count). The molecule has 4 aliphatic rings. The third kappa shape index (κ3) is 5.22. The Labute approximate surface area is 314 Å². The molecule has 53 heavy (non-hydrogen) atoms. The molecule has 0 aliphatic carbocycles. The molecule has 1 spiro atoms. The monoisotopic (exact) mass is 782 g/mol. The molecule has 18 heteroatoms. The number of hydrogen-bond donors (Lipinski definition) is 1. The Hall–Kier alpha value is -4.43. The first kappa shape index (κ1) is 34.3. The van der Waals surface area contributed by atoms with Crippen molar-refractivity contribution in [2.45, 2.75) is 56.3 Å². The van der Waals surface area contributed by atoms with Gasteiger partial charge in [0.1, 0.15) is 46.8 Å². The molecule has 4 aliphatic heterocycles. The number of aromatic nitrogens is 5. The molecule has 0 radical (unpaired) electrons. The summed E-state index contributed by atoms with van der Waals surface area (Å²) in [7, 11) is 0. The van der Waals surface area contributed by atoms with Crippen molar-refractivity contribution in [3.63, 3.8) is 0 Å². The van der Waals surface area contributed by atoms with Crippen LogP contribution in [-0.4, -0.2) is 97.1 Å². The zero-order valence-electron chi connectivity index (χ0n) is 28.3. The number of carbonyl (C=O) groups excluding carboxylic acids is 1. The summed E-state index contributed by atoms with van der Waals surface area (Å²) in [5.41, 5.74) is 5.02. The number of carbonyl (C=O) groups is 1. The summed E-state index contributed by atoms with van der Waals surface area (Å²) in [6.07, 6.45) is 2.30. The molecule has 3 aromatic heterocycles. The molecule has 7 heterocycles. The van der Waals surface area contributed by atoms with Crippen LogP contribution in [0.1, 0.15) is 43.5 Å². The molecule has 1 unspecified atom stereocenters. The van der Waals surface area contributed by atoms with E-state index < -0.39 is 34.9 Å². The first-order chi connectivity index (χ1) is 25.4. The fourth-order valence-electron chi connectivity index (χ4n) is 8.79. The lowest BCUT2D eigenvalue weighted by Crippen LogP contribution is -2.64. The number of benzene rings is 2. The van der Waals surface area contributed by atoms with Crippen LogP contribution in [0.25, 0.3) is 32.1 Å². The molecule has 12 nitrogen and oxygen atoms in total. The topological polar surface area (TPSA) is 142 Å². The lowest BCUT2D eigenvalue weighted by molar-refractivity contribution is 0.0400. The minimum absolute atomic E-state index is 0.0129. The number of hydrogen-bond acceptors (Lipinski definition) is 11. The van der Waals surface area contributed by atoms with E-state index in [0.717, 1.165) is 35.4 Å². The number of rotatable bonds is 5. The third-order valence-electron chi connectivity index (χ3n) is 11.4. The lowest BCUT2D eigenvalue weighted by Gasteiger charge is -2.50. The van der Waals surface area contributed by atoms with Crippen molar-refractivity contribution in [1.29, 1.82) is 5.26 Å². The molecule has 4 saturated heterocycles. The van der Waals surface area contributed by atoms with Crippen LogP contribution in [0.15, 0.2) is 18.2 Å². The number of nitrogens with zero attached hydrogens (tertiary/aromatic N) is 9. The highest BCUT2D eigenvalue weighted by Gasteiger charge is 2.53. The molecule has 3 atom stereocenters. The SMILES string of the molecule is Cc1nc(Cl)n(C(=O)N2CCC23CCN(c2nc(OC[C@@]45CCCN4C[C@H](F)C5)nc4c(F)c(-c5ccc(F)c6sc(N)c(C#N)c56)c(Cl)cc24)C3)n1. The Balaban J connectivity index is 1.15. The van der Waals surface area contributed by atoms with E-state index in [9.17, 15) is 18.8 Å². The van der Waals surface area contributed by atoms with E-state index >= 15 is 4.39 Å². The summed E-state index contributed by atoms with van der Waals surface area (Å²) in [6.45, 7) is 4.16. The van der Waals surface area contributed by atoms with Gasteiger partial charge in [0.25, 0.3) is 0 Å². The van der Waals surface area contributed by atoms with Gasteiger partial charge in [0.2, 0.25) is 5.28 Å². The van der Waals surface area contributed by atoms with Crippen molar-refractivity contribution >= 4 is 72.4 Å². The summed E-state index contributed by atoms with van der Waals surface area (Å²) in [5, 5.41) is 14.6. The van der Waals surface area contributed by atoms with Crippen molar-refractivity contribution in [2.24, 2.45) is 0 Å². The molecule has 274 valence electrons. The average molecular weight is 784 g/mol. The quantitative estimate of drug-likeness (QED) is 0.204. The normalized spacial score (nSPS) is 24.1. The van der Waals surface area contributed by atoms with E-state index in [1.54, 1.807) is 17.9 Å². The fraction of sp³-hybridized carbons (Fsp3) is 0.429. The van der Waals surface area contributed by atoms with Gasteiger partial charge < -0.3 is 20.3 Å². The van der Waals surface area contributed by atoms with Crippen LogP contribution in [-0.2, 0) is 0 Å². The Morgan fingerprint density at radius 3 is 2.72 bits per heavy atom. The Morgan fingerprint density at radius 1 is 1.17 bits per heavy atom. The molecule has 2 aromatic carbocycles. The average Bonchev–Trinajstić information content (AvgIpc) is 3.92. The van der Waals surface area contributed by atoms with Crippen LogP contribution in [0, 0.1) is 29.9 Å². The highest BCUT2D eigenvalue weighted by atomic mass is 35.5. The van der Waals surface area contributed by atoms with Gasteiger partial charge in [-0.25, -0.2) is 22.9 Å². The van der Waals surface area contributed by atoms with E-state index in [1.807, 2.05) is 11.0 Å². The molecule has 5 aromatic rings. The van der Waals surface area contributed by atoms with Crippen LogP contribution in [0.4, 0.5) is 28.8 Å². The van der Waals surface area contributed by atoms with Crippen LogP contribution in [0.5, 0.6) is 6.01 Å². The number of aryl methyl sites for hydroxylation is 1. The minimum Gasteiger partial charge on any atom is -0.461 e. The lowest BCUT2D eigenvalue weighted by atomic mass is 9.84. The highest BCUT2D eigenvalue weighted by Crippen LogP contribution is 2.48. The summed E-state index contributed by atoms with van der Waals surface area (Å²) < 4.78 is 54.2. The number of anilines is 2. The number of amides is 1. The molecular formula is C35H31Cl2F3N10O2S. The predicted octanol–water partition coefficient (Wildman–Crippen LogP) is 6.73. The number of ether oxygens (including phenoxy) is 1. The number of nitrogen functional groups attached to an aromatic ring is 1. The van der Waals surface area contributed by atoms with Gasteiger partial charge in [-0.2, -0.15) is 19.9 Å². The van der Waals surface area contributed by atoms with Gasteiger partial charge in [-0.1, -0.05) is 17.7 Å². The van der Waals surface area contributed by atoms with E-state index in [2.05, 4.69) is 20.0 Å². The van der Waals surface area contributed by atoms with Gasteiger partial charge >= 0.3 is 12.0 Å². The number of nitriles is 1. The minimum atomic E-state index is -0.976. The Kier molecular flexibility index (Phi) is 7.97. The van der Waals surface area contributed by atoms with E-state index in [0.29, 0.717) is 62.5 Å². The third-order valence-corrected chi connectivity index (χ3v) is 12.9. The zero-order chi connectivity index (χ0) is 37.0. The Morgan fingerprint density at radius 2 is 1.98 bits per heavy atom. The smallest absolute Gasteiger partial charge is 0.348 e. The second kappa shape index (κ2) is 12.3. The number of thiophene rings is 1. The number of likely N-dealkylation sites (tertiary alicyclic amines) is 1. The maximum Gasteiger partial charge on any atom is 0.348 e. The van der Waals surface area contributed by atoms with E-state index in [-0.39, 0.29) is 60.2 Å². The van der Waals surface area contributed by atoms with Crippen LogP contribution < -0.4 is 15.4 Å². The summed E-state index contributed by atoms with van der Waals surface area (Å²) in [5.74, 6) is -0.703. The predicted molar refractivity (Wildman–Crippen MR) is 194 cm³/mol. The molecule has 0 bridgehead atoms. The number of fused-ring (bicyclic) bond motifs is 3. The van der Waals surface area contributed by atoms with Gasteiger partial charge in [-0.05, 0) is 68.4 Å². The fourth-order valence-corrected chi connectivity index (χ4v) is 10.3.